The smallest absolute Gasteiger partial charge is 0.257 e. The molecule has 5 nitrogen and oxygen atoms in total. The van der Waals surface area contributed by atoms with Gasteiger partial charge in [0.1, 0.15) is 0 Å². The lowest BCUT2D eigenvalue weighted by atomic mass is 10.2. The van der Waals surface area contributed by atoms with E-state index < -0.39 is 0 Å². The standard InChI is InChI=1S/C18H16N4O/c23-18(22-16-4-2-1-3-5-16)15-10-17(13-20-12-15)21-11-14-6-8-19-9-7-14/h1-10,12-13,21H,11H2,(H,22,23). The van der Waals surface area contributed by atoms with E-state index in [0.717, 1.165) is 16.9 Å². The summed E-state index contributed by atoms with van der Waals surface area (Å²) in [7, 11) is 0. The quantitative estimate of drug-likeness (QED) is 0.758. The summed E-state index contributed by atoms with van der Waals surface area (Å²) in [6, 6.07) is 15.0. The number of benzene rings is 1. The van der Waals surface area contributed by atoms with Crippen LogP contribution in [0.4, 0.5) is 11.4 Å². The summed E-state index contributed by atoms with van der Waals surface area (Å²) in [5, 5.41) is 6.09. The van der Waals surface area contributed by atoms with E-state index in [-0.39, 0.29) is 5.91 Å². The Labute approximate surface area is 134 Å². The van der Waals surface area contributed by atoms with Gasteiger partial charge in [0, 0.05) is 37.0 Å². The number of anilines is 2. The van der Waals surface area contributed by atoms with Crippen LogP contribution in [0.15, 0.2) is 73.3 Å². The third-order valence-corrected chi connectivity index (χ3v) is 3.28. The third kappa shape index (κ3) is 4.14. The van der Waals surface area contributed by atoms with E-state index in [1.807, 2.05) is 42.5 Å². The summed E-state index contributed by atoms with van der Waals surface area (Å²) in [6.07, 6.45) is 6.74. The zero-order chi connectivity index (χ0) is 15.9. The van der Waals surface area contributed by atoms with Gasteiger partial charge >= 0.3 is 0 Å². The maximum atomic E-state index is 12.3. The number of para-hydroxylation sites is 1. The van der Waals surface area contributed by atoms with Crippen LogP contribution in [0.25, 0.3) is 0 Å². The fraction of sp³-hybridized carbons (Fsp3) is 0.0556. The Morgan fingerprint density at radius 1 is 0.913 bits per heavy atom. The summed E-state index contributed by atoms with van der Waals surface area (Å²) in [4.78, 5) is 20.4. The van der Waals surface area contributed by atoms with E-state index in [1.165, 1.54) is 0 Å². The molecule has 0 radical (unpaired) electrons. The van der Waals surface area contributed by atoms with Gasteiger partial charge in [0.25, 0.3) is 5.91 Å². The Bertz CT molecular complexity index is 775. The predicted molar refractivity (Wildman–Crippen MR) is 90.2 cm³/mol. The summed E-state index contributed by atoms with van der Waals surface area (Å²) in [6.45, 7) is 0.647. The SMILES string of the molecule is O=C(Nc1ccccc1)c1cncc(NCc2ccncc2)c1. The second-order valence-corrected chi connectivity index (χ2v) is 4.99. The van der Waals surface area contributed by atoms with Gasteiger partial charge in [-0.25, -0.2) is 0 Å². The Morgan fingerprint density at radius 2 is 1.70 bits per heavy atom. The fourth-order valence-electron chi connectivity index (χ4n) is 2.09. The van der Waals surface area contributed by atoms with Crippen molar-refractivity contribution in [3.05, 3.63) is 84.4 Å². The van der Waals surface area contributed by atoms with Crippen LogP contribution in [0, 0.1) is 0 Å². The van der Waals surface area contributed by atoms with Crippen molar-refractivity contribution in [3.63, 3.8) is 0 Å². The van der Waals surface area contributed by atoms with Gasteiger partial charge < -0.3 is 10.6 Å². The Kier molecular flexibility index (Phi) is 4.59. The van der Waals surface area contributed by atoms with Crippen LogP contribution in [0.1, 0.15) is 15.9 Å². The number of hydrogen-bond acceptors (Lipinski definition) is 4. The van der Waals surface area contributed by atoms with Crippen molar-refractivity contribution < 1.29 is 4.79 Å². The van der Waals surface area contributed by atoms with Gasteiger partial charge in [-0.05, 0) is 35.9 Å². The van der Waals surface area contributed by atoms with Gasteiger partial charge in [0.15, 0.2) is 0 Å². The van der Waals surface area contributed by atoms with E-state index in [0.29, 0.717) is 12.1 Å². The second kappa shape index (κ2) is 7.17. The van der Waals surface area contributed by atoms with Crippen LogP contribution < -0.4 is 10.6 Å². The van der Waals surface area contributed by atoms with Gasteiger partial charge in [-0.1, -0.05) is 18.2 Å². The minimum atomic E-state index is -0.184. The van der Waals surface area contributed by atoms with Crippen LogP contribution in [0.3, 0.4) is 0 Å². The van der Waals surface area contributed by atoms with Crippen molar-refractivity contribution in [2.45, 2.75) is 6.54 Å². The fourth-order valence-corrected chi connectivity index (χ4v) is 2.09. The van der Waals surface area contributed by atoms with E-state index in [2.05, 4.69) is 20.6 Å². The first-order valence-electron chi connectivity index (χ1n) is 7.25. The average molecular weight is 304 g/mol. The topological polar surface area (TPSA) is 66.9 Å². The highest BCUT2D eigenvalue weighted by molar-refractivity contribution is 6.04. The first kappa shape index (κ1) is 14.7. The molecule has 1 amide bonds. The summed E-state index contributed by atoms with van der Waals surface area (Å²) in [5.41, 5.74) is 3.17. The van der Waals surface area contributed by atoms with Crippen LogP contribution in [0.2, 0.25) is 0 Å². The zero-order valence-electron chi connectivity index (χ0n) is 12.4. The molecule has 2 heterocycles. The molecule has 23 heavy (non-hydrogen) atoms. The van der Waals surface area contributed by atoms with Gasteiger partial charge in [-0.15, -0.1) is 0 Å². The van der Waals surface area contributed by atoms with E-state index >= 15 is 0 Å². The third-order valence-electron chi connectivity index (χ3n) is 3.28. The monoisotopic (exact) mass is 304 g/mol. The Morgan fingerprint density at radius 3 is 2.48 bits per heavy atom. The first-order chi connectivity index (χ1) is 11.3. The number of hydrogen-bond donors (Lipinski definition) is 2. The molecule has 2 N–H and O–H groups in total. The van der Waals surface area contributed by atoms with Crippen molar-refractivity contribution in [1.29, 1.82) is 0 Å². The van der Waals surface area contributed by atoms with Crippen LogP contribution >= 0.6 is 0 Å². The van der Waals surface area contributed by atoms with E-state index in [4.69, 9.17) is 0 Å². The van der Waals surface area contributed by atoms with Gasteiger partial charge in [-0.2, -0.15) is 0 Å². The molecule has 0 spiro atoms. The second-order valence-electron chi connectivity index (χ2n) is 4.99. The van der Waals surface area contributed by atoms with Crippen molar-refractivity contribution >= 4 is 17.3 Å². The number of carbonyl (C=O) groups excluding carboxylic acids is 1. The van der Waals surface area contributed by atoms with Crippen LogP contribution in [0.5, 0.6) is 0 Å². The highest BCUT2D eigenvalue weighted by Gasteiger charge is 2.07. The number of amides is 1. The van der Waals surface area contributed by atoms with E-state index in [1.54, 1.807) is 30.9 Å². The van der Waals surface area contributed by atoms with Gasteiger partial charge in [0.05, 0.1) is 11.3 Å². The van der Waals surface area contributed by atoms with E-state index in [9.17, 15) is 4.79 Å². The molecule has 3 rings (SSSR count). The normalized spacial score (nSPS) is 10.1. The maximum Gasteiger partial charge on any atom is 0.257 e. The molecule has 0 aliphatic heterocycles. The largest absolute Gasteiger partial charge is 0.380 e. The number of rotatable bonds is 5. The minimum Gasteiger partial charge on any atom is -0.380 e. The molecule has 0 aliphatic carbocycles. The highest BCUT2D eigenvalue weighted by Crippen LogP contribution is 2.13. The molecule has 114 valence electrons. The number of nitrogens with zero attached hydrogens (tertiary/aromatic N) is 2. The van der Waals surface area contributed by atoms with Crippen molar-refractivity contribution in [2.75, 3.05) is 10.6 Å². The lowest BCUT2D eigenvalue weighted by Crippen LogP contribution is -2.12. The zero-order valence-corrected chi connectivity index (χ0v) is 12.4. The Hall–Kier alpha value is -3.21. The highest BCUT2D eigenvalue weighted by atomic mass is 16.1. The molecular weight excluding hydrogens is 288 g/mol. The van der Waals surface area contributed by atoms with Gasteiger partial charge in [0.2, 0.25) is 0 Å². The molecule has 2 aromatic heterocycles. The molecule has 0 bridgehead atoms. The maximum absolute atomic E-state index is 12.3. The predicted octanol–water partition coefficient (Wildman–Crippen LogP) is 3.34. The molecule has 0 aliphatic rings. The molecule has 0 saturated carbocycles. The van der Waals surface area contributed by atoms with Crippen molar-refractivity contribution in [2.24, 2.45) is 0 Å². The molecule has 1 aromatic carbocycles. The molecule has 0 fully saturated rings. The van der Waals surface area contributed by atoms with Crippen molar-refractivity contribution in [3.8, 4) is 0 Å². The first-order valence-corrected chi connectivity index (χ1v) is 7.25. The average Bonchev–Trinajstić information content (AvgIpc) is 2.62. The lowest BCUT2D eigenvalue weighted by Gasteiger charge is -2.08. The number of pyridine rings is 2. The molecule has 0 saturated heterocycles. The van der Waals surface area contributed by atoms with Crippen LogP contribution in [-0.2, 0) is 6.54 Å². The minimum absolute atomic E-state index is 0.184. The van der Waals surface area contributed by atoms with Gasteiger partial charge in [-0.3, -0.25) is 14.8 Å². The van der Waals surface area contributed by atoms with Crippen molar-refractivity contribution in [1.82, 2.24) is 9.97 Å². The molecule has 5 heteroatoms. The molecular formula is C18H16N4O. The molecule has 0 unspecified atom stereocenters. The number of aromatic nitrogens is 2. The summed E-state index contributed by atoms with van der Waals surface area (Å²) in [5.74, 6) is -0.184. The van der Waals surface area contributed by atoms with Crippen LogP contribution in [-0.4, -0.2) is 15.9 Å². The summed E-state index contributed by atoms with van der Waals surface area (Å²) < 4.78 is 0. The number of carbonyl (C=O) groups is 1. The number of nitrogens with one attached hydrogen (secondary N) is 2. The summed E-state index contributed by atoms with van der Waals surface area (Å²) >= 11 is 0. The Balaban J connectivity index is 1.66. The molecule has 0 atom stereocenters. The lowest BCUT2D eigenvalue weighted by molar-refractivity contribution is 0.102. The molecule has 3 aromatic rings.